The number of amides is 2. The number of rotatable bonds is 9. The standard InChI is InChI=1S/C23H19BrClF6N3O4/c1-12(20(35)32-11-22(26,27)28)33-21(36)15-6-3-13(9-17(15)24)4-7-16(23(29,30)31)14-5-8-18(25)19(10-14)34(37)38-2/h3-10,12,16H,11H2,1-2H3,(H-,32,33,35,36)/p+1/b7-4+/t12-,16?/m1/s1. The summed E-state index contributed by atoms with van der Waals surface area (Å²) >= 11 is 9.01. The topological polar surface area (TPSA) is 87.5 Å². The van der Waals surface area contributed by atoms with Crippen molar-refractivity contribution in [2.45, 2.75) is 31.2 Å². The lowest BCUT2D eigenvalue weighted by Gasteiger charge is -2.17. The first kappa shape index (κ1) is 31.1. The maximum atomic E-state index is 13.8. The second-order valence-electron chi connectivity index (χ2n) is 7.80. The molecule has 0 aliphatic rings. The number of nitrogens with zero attached hydrogens (tertiary/aromatic N) is 1. The fourth-order valence-corrected chi connectivity index (χ4v) is 3.84. The number of halogens is 8. The van der Waals surface area contributed by atoms with E-state index in [1.165, 1.54) is 25.1 Å². The first-order valence-electron chi connectivity index (χ1n) is 10.5. The lowest BCUT2D eigenvalue weighted by Crippen LogP contribution is -2.47. The predicted molar refractivity (Wildman–Crippen MR) is 130 cm³/mol. The molecule has 0 aliphatic carbocycles. The Morgan fingerprint density at radius 3 is 2.34 bits per heavy atom. The van der Waals surface area contributed by atoms with E-state index in [9.17, 15) is 40.8 Å². The van der Waals surface area contributed by atoms with Crippen molar-refractivity contribution < 1.29 is 45.7 Å². The van der Waals surface area contributed by atoms with Gasteiger partial charge in [0.05, 0.1) is 16.4 Å². The Hall–Kier alpha value is -3.13. The first-order chi connectivity index (χ1) is 17.5. The van der Waals surface area contributed by atoms with Crippen LogP contribution in [0.2, 0.25) is 5.02 Å². The number of carbonyl (C=O) groups excluding carboxylic acids is 2. The van der Waals surface area contributed by atoms with Crippen molar-refractivity contribution in [1.82, 2.24) is 10.6 Å². The van der Waals surface area contributed by atoms with Crippen LogP contribution in [0.5, 0.6) is 0 Å². The monoisotopic (exact) mass is 630 g/mol. The highest BCUT2D eigenvalue weighted by atomic mass is 79.9. The highest BCUT2D eigenvalue weighted by Crippen LogP contribution is 2.39. The molecule has 15 heteroatoms. The molecule has 2 atom stereocenters. The van der Waals surface area contributed by atoms with Crippen LogP contribution in [0.25, 0.3) is 6.08 Å². The van der Waals surface area contributed by atoms with Gasteiger partial charge in [-0.05, 0) is 52.2 Å². The van der Waals surface area contributed by atoms with E-state index in [0.717, 1.165) is 37.5 Å². The second kappa shape index (κ2) is 12.6. The zero-order valence-electron chi connectivity index (χ0n) is 19.6. The maximum absolute atomic E-state index is 13.8. The number of alkyl halides is 6. The number of allylic oxidation sites excluding steroid dienone is 1. The fraction of sp³-hybridized carbons (Fsp3) is 0.304. The summed E-state index contributed by atoms with van der Waals surface area (Å²) < 4.78 is 78.4. The van der Waals surface area contributed by atoms with Gasteiger partial charge in [0.25, 0.3) is 10.8 Å². The highest BCUT2D eigenvalue weighted by molar-refractivity contribution is 9.10. The van der Waals surface area contributed by atoms with Crippen LogP contribution in [0, 0.1) is 4.91 Å². The molecule has 2 aromatic carbocycles. The Morgan fingerprint density at radius 1 is 1.13 bits per heavy atom. The van der Waals surface area contributed by atoms with E-state index in [-0.39, 0.29) is 36.8 Å². The van der Waals surface area contributed by atoms with E-state index in [1.54, 1.807) is 5.32 Å². The van der Waals surface area contributed by atoms with Crippen LogP contribution < -0.4 is 10.6 Å². The van der Waals surface area contributed by atoms with Gasteiger partial charge in [0.1, 0.15) is 17.6 Å². The van der Waals surface area contributed by atoms with Gasteiger partial charge in [0, 0.05) is 10.5 Å². The van der Waals surface area contributed by atoms with E-state index < -0.39 is 42.7 Å². The van der Waals surface area contributed by atoms with Crippen LogP contribution in [0.3, 0.4) is 0 Å². The van der Waals surface area contributed by atoms with Gasteiger partial charge in [-0.25, -0.2) is 4.84 Å². The summed E-state index contributed by atoms with van der Waals surface area (Å²) in [6, 6.07) is 5.84. The van der Waals surface area contributed by atoms with E-state index in [4.69, 9.17) is 11.6 Å². The van der Waals surface area contributed by atoms with Crippen molar-refractivity contribution in [3.63, 3.8) is 0 Å². The number of hydrogen-bond acceptors (Lipinski definition) is 4. The molecule has 0 saturated carbocycles. The SMILES string of the molecule is CO[N+](=O)c1cc(C(/C=C/c2ccc(C(=O)N[C@H](C)C(=O)NCC(F)(F)F)c(Br)c2)C(F)(F)F)ccc1Cl. The van der Waals surface area contributed by atoms with Crippen molar-refractivity contribution in [3.8, 4) is 0 Å². The normalized spacial score (nSPS) is 13.6. The molecule has 206 valence electrons. The minimum Gasteiger partial charge on any atom is -0.345 e. The minimum atomic E-state index is -4.73. The molecule has 0 radical (unpaired) electrons. The molecular weight excluding hydrogens is 612 g/mol. The van der Waals surface area contributed by atoms with E-state index >= 15 is 0 Å². The van der Waals surface area contributed by atoms with Gasteiger partial charge in [-0.2, -0.15) is 26.3 Å². The van der Waals surface area contributed by atoms with E-state index in [0.29, 0.717) is 0 Å². The smallest absolute Gasteiger partial charge is 0.345 e. The molecule has 0 saturated heterocycles. The van der Waals surface area contributed by atoms with Crippen LogP contribution >= 0.6 is 27.5 Å². The second-order valence-corrected chi connectivity index (χ2v) is 9.06. The highest BCUT2D eigenvalue weighted by Gasteiger charge is 2.40. The Kier molecular flexibility index (Phi) is 10.3. The number of hydrogen-bond donors (Lipinski definition) is 2. The molecule has 2 aromatic rings. The molecule has 0 aliphatic heterocycles. The summed E-state index contributed by atoms with van der Waals surface area (Å²) in [5.41, 5.74) is -0.342. The quantitative estimate of drug-likeness (QED) is 0.254. The maximum Gasteiger partial charge on any atom is 0.405 e. The Morgan fingerprint density at radius 2 is 1.79 bits per heavy atom. The van der Waals surface area contributed by atoms with Crippen molar-refractivity contribution in [2.75, 3.05) is 13.7 Å². The molecule has 0 aromatic heterocycles. The number of benzene rings is 2. The average molecular weight is 632 g/mol. The summed E-state index contributed by atoms with van der Waals surface area (Å²) in [6.45, 7) is -0.374. The third-order valence-corrected chi connectivity index (χ3v) is 5.94. The summed E-state index contributed by atoms with van der Waals surface area (Å²) in [4.78, 5) is 40.4. The van der Waals surface area contributed by atoms with Gasteiger partial charge in [-0.15, -0.1) is 0 Å². The third-order valence-electron chi connectivity index (χ3n) is 4.97. The molecule has 2 rings (SSSR count). The van der Waals surface area contributed by atoms with Gasteiger partial charge in [-0.3, -0.25) is 9.59 Å². The van der Waals surface area contributed by atoms with Crippen molar-refractivity contribution in [3.05, 3.63) is 73.6 Å². The summed E-state index contributed by atoms with van der Waals surface area (Å²) in [7, 11) is 1.03. The van der Waals surface area contributed by atoms with Crippen LogP contribution in [0.4, 0.5) is 32.0 Å². The Balaban J connectivity index is 2.22. The molecule has 7 nitrogen and oxygen atoms in total. The summed E-state index contributed by atoms with van der Waals surface area (Å²) in [5, 5.41) is 3.78. The molecule has 0 fully saturated rings. The lowest BCUT2D eigenvalue weighted by molar-refractivity contribution is -0.736. The van der Waals surface area contributed by atoms with Gasteiger partial charge in [-0.1, -0.05) is 35.9 Å². The van der Waals surface area contributed by atoms with Crippen LogP contribution in [-0.2, 0) is 9.63 Å². The molecule has 0 spiro atoms. The van der Waals surface area contributed by atoms with Crippen molar-refractivity contribution in [2.24, 2.45) is 0 Å². The summed E-state index contributed by atoms with van der Waals surface area (Å²) in [6.07, 6.45) is -7.35. The third kappa shape index (κ3) is 8.72. The molecule has 2 N–H and O–H groups in total. The van der Waals surface area contributed by atoms with Crippen LogP contribution in [0.1, 0.15) is 34.3 Å². The molecule has 0 heterocycles. The Bertz CT molecular complexity index is 1240. The molecular formula is C23H20BrClF6N3O4+. The molecule has 0 bridgehead atoms. The van der Waals surface area contributed by atoms with Crippen LogP contribution in [-0.4, -0.2) is 48.8 Å². The lowest BCUT2D eigenvalue weighted by atomic mass is 9.96. The zero-order valence-corrected chi connectivity index (χ0v) is 21.9. The number of nitrogens with one attached hydrogen (secondary N) is 2. The minimum absolute atomic E-state index is 0.0116. The largest absolute Gasteiger partial charge is 0.405 e. The molecule has 1 unspecified atom stereocenters. The zero-order chi connectivity index (χ0) is 28.8. The summed E-state index contributed by atoms with van der Waals surface area (Å²) in [5.74, 6) is -3.98. The predicted octanol–water partition coefficient (Wildman–Crippen LogP) is 6.23. The van der Waals surface area contributed by atoms with Crippen LogP contribution in [0.15, 0.2) is 46.9 Å². The first-order valence-corrected chi connectivity index (χ1v) is 11.7. The molecule has 38 heavy (non-hydrogen) atoms. The van der Waals surface area contributed by atoms with Crippen molar-refractivity contribution in [1.29, 1.82) is 0 Å². The number of carbonyl (C=O) groups is 2. The van der Waals surface area contributed by atoms with E-state index in [2.05, 4.69) is 26.1 Å². The van der Waals surface area contributed by atoms with E-state index in [1.807, 2.05) is 0 Å². The average Bonchev–Trinajstić information content (AvgIpc) is 2.81. The van der Waals surface area contributed by atoms with Gasteiger partial charge < -0.3 is 10.6 Å². The fourth-order valence-electron chi connectivity index (χ4n) is 3.08. The van der Waals surface area contributed by atoms with Gasteiger partial charge in [0.2, 0.25) is 5.91 Å². The Labute approximate surface area is 225 Å². The molecule has 2 amide bonds. The van der Waals surface area contributed by atoms with Gasteiger partial charge in [0.15, 0.2) is 7.11 Å². The van der Waals surface area contributed by atoms with Gasteiger partial charge >= 0.3 is 18.0 Å². The van der Waals surface area contributed by atoms with Crippen molar-refractivity contribution >= 4 is 51.1 Å².